The molecule has 6 heteroatoms. The second-order valence-corrected chi connectivity index (χ2v) is 5.29. The van der Waals surface area contributed by atoms with E-state index >= 15 is 0 Å². The monoisotopic (exact) mass is 280 g/mol. The summed E-state index contributed by atoms with van der Waals surface area (Å²) < 4.78 is 6.93. The molecule has 20 heavy (non-hydrogen) atoms. The van der Waals surface area contributed by atoms with Crippen LogP contribution < -0.4 is 5.69 Å². The Bertz CT molecular complexity index is 573. The van der Waals surface area contributed by atoms with Gasteiger partial charge in [0.15, 0.2) is 0 Å². The zero-order valence-electron chi connectivity index (χ0n) is 12.0. The molecule has 0 aliphatic heterocycles. The molecule has 1 aromatic rings. The molecule has 1 aromatic heterocycles. The lowest BCUT2D eigenvalue weighted by Gasteiger charge is -2.36. The molecule has 110 valence electrons. The maximum atomic E-state index is 12.1. The third-order valence-electron chi connectivity index (χ3n) is 4.06. The lowest BCUT2D eigenvalue weighted by Crippen LogP contribution is -2.40. The minimum Gasteiger partial charge on any atom is -0.481 e. The SMILES string of the molecule is COC1CC(n2c(C)c(CCC(=O)O)c(C)nc2=O)C1. The first-order valence-electron chi connectivity index (χ1n) is 6.77. The highest BCUT2D eigenvalue weighted by atomic mass is 16.5. The first kappa shape index (κ1) is 14.7. The van der Waals surface area contributed by atoms with E-state index in [1.807, 2.05) is 6.92 Å². The van der Waals surface area contributed by atoms with E-state index < -0.39 is 5.97 Å². The van der Waals surface area contributed by atoms with Gasteiger partial charge in [0.1, 0.15) is 0 Å². The van der Waals surface area contributed by atoms with Gasteiger partial charge in [-0.3, -0.25) is 9.36 Å². The number of carbonyl (C=O) groups is 1. The van der Waals surface area contributed by atoms with Gasteiger partial charge in [0, 0.05) is 31.0 Å². The predicted molar refractivity (Wildman–Crippen MR) is 73.0 cm³/mol. The first-order valence-corrected chi connectivity index (χ1v) is 6.77. The topological polar surface area (TPSA) is 81.4 Å². The molecule has 1 saturated carbocycles. The van der Waals surface area contributed by atoms with Crippen molar-refractivity contribution in [1.29, 1.82) is 0 Å². The Hall–Kier alpha value is -1.69. The summed E-state index contributed by atoms with van der Waals surface area (Å²) in [6, 6.07) is 0.115. The van der Waals surface area contributed by atoms with Gasteiger partial charge in [-0.25, -0.2) is 4.79 Å². The van der Waals surface area contributed by atoms with Crippen LogP contribution in [0, 0.1) is 13.8 Å². The normalized spacial score (nSPS) is 21.6. The molecule has 0 atom stereocenters. The largest absolute Gasteiger partial charge is 0.481 e. The second-order valence-electron chi connectivity index (χ2n) is 5.29. The van der Waals surface area contributed by atoms with E-state index in [0.29, 0.717) is 12.1 Å². The van der Waals surface area contributed by atoms with E-state index in [9.17, 15) is 9.59 Å². The van der Waals surface area contributed by atoms with Crippen molar-refractivity contribution in [2.75, 3.05) is 7.11 Å². The number of aryl methyl sites for hydroxylation is 1. The Labute approximate surface area is 117 Å². The molecule has 0 bridgehead atoms. The number of nitrogens with zero attached hydrogens (tertiary/aromatic N) is 2. The van der Waals surface area contributed by atoms with Crippen molar-refractivity contribution in [2.45, 2.75) is 51.7 Å². The van der Waals surface area contributed by atoms with E-state index in [4.69, 9.17) is 9.84 Å². The molecule has 1 fully saturated rings. The summed E-state index contributed by atoms with van der Waals surface area (Å²) in [5.41, 5.74) is 2.09. The molecule has 0 amide bonds. The maximum absolute atomic E-state index is 12.1. The average molecular weight is 280 g/mol. The van der Waals surface area contributed by atoms with Crippen molar-refractivity contribution in [2.24, 2.45) is 0 Å². The molecular weight excluding hydrogens is 260 g/mol. The van der Waals surface area contributed by atoms with Gasteiger partial charge in [-0.2, -0.15) is 4.98 Å². The molecule has 0 spiro atoms. The molecule has 0 aromatic carbocycles. The molecule has 0 unspecified atom stereocenters. The zero-order chi connectivity index (χ0) is 14.9. The van der Waals surface area contributed by atoms with Crippen LogP contribution in [0.3, 0.4) is 0 Å². The van der Waals surface area contributed by atoms with E-state index in [2.05, 4.69) is 4.98 Å². The van der Waals surface area contributed by atoms with Gasteiger partial charge >= 0.3 is 11.7 Å². The summed E-state index contributed by atoms with van der Waals surface area (Å²) in [6.45, 7) is 3.63. The van der Waals surface area contributed by atoms with Gasteiger partial charge in [-0.1, -0.05) is 0 Å². The standard InChI is InChI=1S/C14H20N2O4/c1-8-12(4-5-13(17)18)9(2)16(14(19)15-8)10-6-11(7-10)20-3/h10-11H,4-7H2,1-3H3,(H,17,18). The third kappa shape index (κ3) is 2.75. The van der Waals surface area contributed by atoms with Gasteiger partial charge in [0.05, 0.1) is 6.10 Å². The Balaban J connectivity index is 2.30. The highest BCUT2D eigenvalue weighted by Crippen LogP contribution is 2.34. The summed E-state index contributed by atoms with van der Waals surface area (Å²) in [6.07, 6.45) is 2.27. The molecule has 6 nitrogen and oxygen atoms in total. The predicted octanol–water partition coefficient (Wildman–Crippen LogP) is 1.23. The van der Waals surface area contributed by atoms with E-state index in [-0.39, 0.29) is 24.3 Å². The second kappa shape index (κ2) is 5.75. The number of carboxylic acids is 1. The first-order chi connectivity index (χ1) is 9.43. The van der Waals surface area contributed by atoms with Gasteiger partial charge in [-0.15, -0.1) is 0 Å². The number of aromatic nitrogens is 2. The third-order valence-corrected chi connectivity index (χ3v) is 4.06. The number of aliphatic carboxylic acids is 1. The van der Waals surface area contributed by atoms with Crippen molar-refractivity contribution >= 4 is 5.97 Å². The number of rotatable bonds is 5. The van der Waals surface area contributed by atoms with Gasteiger partial charge in [-0.05, 0) is 38.7 Å². The molecule has 1 heterocycles. The lowest BCUT2D eigenvalue weighted by atomic mass is 9.88. The van der Waals surface area contributed by atoms with Crippen LogP contribution in [0.5, 0.6) is 0 Å². The molecule has 1 aliphatic carbocycles. The van der Waals surface area contributed by atoms with Crippen molar-refractivity contribution in [3.05, 3.63) is 27.4 Å². The van der Waals surface area contributed by atoms with Crippen molar-refractivity contribution in [3.63, 3.8) is 0 Å². The number of methoxy groups -OCH3 is 1. The van der Waals surface area contributed by atoms with Crippen LogP contribution in [0.4, 0.5) is 0 Å². The lowest BCUT2D eigenvalue weighted by molar-refractivity contribution is -0.136. The van der Waals surface area contributed by atoms with Crippen LogP contribution in [0.25, 0.3) is 0 Å². The summed E-state index contributed by atoms with van der Waals surface area (Å²) >= 11 is 0. The molecule has 2 rings (SSSR count). The Kier molecular flexibility index (Phi) is 4.23. The minimum atomic E-state index is -0.843. The van der Waals surface area contributed by atoms with E-state index in [1.165, 1.54) is 0 Å². The maximum Gasteiger partial charge on any atom is 0.348 e. The fourth-order valence-electron chi connectivity index (χ4n) is 2.78. The van der Waals surface area contributed by atoms with Crippen molar-refractivity contribution in [3.8, 4) is 0 Å². The zero-order valence-corrected chi connectivity index (χ0v) is 12.0. The van der Waals surface area contributed by atoms with Crippen LogP contribution in [0.1, 0.15) is 42.3 Å². The Morgan fingerprint density at radius 1 is 1.45 bits per heavy atom. The number of carboxylic acid groups (broad SMARTS) is 1. The van der Waals surface area contributed by atoms with Crippen LogP contribution in [0.2, 0.25) is 0 Å². The Morgan fingerprint density at radius 2 is 2.10 bits per heavy atom. The minimum absolute atomic E-state index is 0.0485. The molecular formula is C14H20N2O4. The van der Waals surface area contributed by atoms with Gasteiger partial charge < -0.3 is 9.84 Å². The number of hydrogen-bond acceptors (Lipinski definition) is 4. The highest BCUT2D eigenvalue weighted by molar-refractivity contribution is 5.67. The Morgan fingerprint density at radius 3 is 2.65 bits per heavy atom. The van der Waals surface area contributed by atoms with E-state index in [1.54, 1.807) is 18.6 Å². The van der Waals surface area contributed by atoms with Crippen molar-refractivity contribution < 1.29 is 14.6 Å². The number of hydrogen-bond donors (Lipinski definition) is 1. The van der Waals surface area contributed by atoms with Gasteiger partial charge in [0.25, 0.3) is 0 Å². The summed E-state index contributed by atoms with van der Waals surface area (Å²) in [4.78, 5) is 26.8. The van der Waals surface area contributed by atoms with Crippen LogP contribution in [-0.4, -0.2) is 33.8 Å². The summed E-state index contributed by atoms with van der Waals surface area (Å²) in [5, 5.41) is 8.81. The molecule has 0 radical (unpaired) electrons. The smallest absolute Gasteiger partial charge is 0.348 e. The van der Waals surface area contributed by atoms with Crippen LogP contribution >= 0.6 is 0 Å². The summed E-state index contributed by atoms with van der Waals surface area (Å²) in [7, 11) is 1.67. The van der Waals surface area contributed by atoms with Crippen molar-refractivity contribution in [1.82, 2.24) is 9.55 Å². The van der Waals surface area contributed by atoms with Gasteiger partial charge in [0.2, 0.25) is 0 Å². The molecule has 1 aliphatic rings. The molecule has 1 N–H and O–H groups in total. The fourth-order valence-corrected chi connectivity index (χ4v) is 2.78. The summed E-state index contributed by atoms with van der Waals surface area (Å²) in [5.74, 6) is -0.843. The van der Waals surface area contributed by atoms with E-state index in [0.717, 1.165) is 24.1 Å². The quantitative estimate of drug-likeness (QED) is 0.877. The molecule has 0 saturated heterocycles. The van der Waals surface area contributed by atoms with Crippen LogP contribution in [-0.2, 0) is 16.0 Å². The van der Waals surface area contributed by atoms with Crippen LogP contribution in [0.15, 0.2) is 4.79 Å². The highest BCUT2D eigenvalue weighted by Gasteiger charge is 2.32. The average Bonchev–Trinajstić information content (AvgIpc) is 2.30. The fraction of sp³-hybridized carbons (Fsp3) is 0.643. The number of ether oxygens (including phenoxy) is 1.